The molecule has 0 fully saturated rings. The quantitative estimate of drug-likeness (QED) is 0.853. The van der Waals surface area contributed by atoms with E-state index in [9.17, 15) is 4.79 Å². The second kappa shape index (κ2) is 4.33. The molecule has 80 valence electrons. The van der Waals surface area contributed by atoms with Gasteiger partial charge in [0, 0.05) is 16.1 Å². The van der Waals surface area contributed by atoms with Crippen LogP contribution in [0.15, 0.2) is 22.7 Å². The highest BCUT2D eigenvalue weighted by atomic mass is 79.9. The number of carbonyl (C=O) groups excluding carboxylic acids is 1. The van der Waals surface area contributed by atoms with Gasteiger partial charge >= 0.3 is 0 Å². The van der Waals surface area contributed by atoms with E-state index in [1.165, 1.54) is 0 Å². The van der Waals surface area contributed by atoms with Crippen molar-refractivity contribution in [1.82, 2.24) is 5.32 Å². The summed E-state index contributed by atoms with van der Waals surface area (Å²) < 4.78 is 1.01. The lowest BCUT2D eigenvalue weighted by molar-refractivity contribution is 0.0923. The summed E-state index contributed by atoms with van der Waals surface area (Å²) in [5, 5.41) is 2.96. The van der Waals surface area contributed by atoms with Gasteiger partial charge in [-0.1, -0.05) is 22.0 Å². The van der Waals surface area contributed by atoms with Crippen molar-refractivity contribution >= 4 is 21.8 Å². The van der Waals surface area contributed by atoms with Gasteiger partial charge in [-0.15, -0.1) is 0 Å². The lowest BCUT2D eigenvalue weighted by Gasteiger charge is -2.26. The summed E-state index contributed by atoms with van der Waals surface area (Å²) in [6, 6.07) is 5.88. The Morgan fingerprint density at radius 1 is 1.53 bits per heavy atom. The summed E-state index contributed by atoms with van der Waals surface area (Å²) in [4.78, 5) is 11.8. The number of nitrogens with two attached hydrogens (primary N) is 1. The number of nitrogens with one attached hydrogen (secondary N) is 1. The average Bonchev–Trinajstić information content (AvgIpc) is 2.20. The zero-order valence-electron chi connectivity index (χ0n) is 8.29. The van der Waals surface area contributed by atoms with Crippen LogP contribution in [0.2, 0.25) is 0 Å². The lowest BCUT2D eigenvalue weighted by Crippen LogP contribution is -2.42. The number of fused-ring (bicyclic) bond motifs is 1. The number of halogens is 1. The molecule has 1 aromatic rings. The maximum absolute atomic E-state index is 11.8. The summed E-state index contributed by atoms with van der Waals surface area (Å²) in [7, 11) is 0. The molecule has 1 heterocycles. The van der Waals surface area contributed by atoms with Gasteiger partial charge in [0.15, 0.2) is 0 Å². The van der Waals surface area contributed by atoms with E-state index in [-0.39, 0.29) is 11.9 Å². The van der Waals surface area contributed by atoms with Crippen molar-refractivity contribution in [2.24, 2.45) is 5.73 Å². The molecule has 1 amide bonds. The molecule has 0 aromatic heterocycles. The normalized spacial score (nSPS) is 19.6. The van der Waals surface area contributed by atoms with Gasteiger partial charge in [0.25, 0.3) is 5.91 Å². The Kier molecular flexibility index (Phi) is 3.07. The molecule has 2 rings (SSSR count). The third-order valence-electron chi connectivity index (χ3n) is 2.66. The Morgan fingerprint density at radius 2 is 2.33 bits per heavy atom. The first kappa shape index (κ1) is 10.6. The van der Waals surface area contributed by atoms with Crippen molar-refractivity contribution in [2.75, 3.05) is 6.54 Å². The number of rotatable bonds is 2. The molecule has 0 saturated carbocycles. The highest BCUT2D eigenvalue weighted by Gasteiger charge is 2.24. The van der Waals surface area contributed by atoms with Crippen LogP contribution >= 0.6 is 15.9 Å². The molecule has 0 saturated heterocycles. The highest BCUT2D eigenvalue weighted by molar-refractivity contribution is 9.10. The Hall–Kier alpha value is -0.870. The van der Waals surface area contributed by atoms with Crippen LogP contribution in [-0.4, -0.2) is 18.5 Å². The van der Waals surface area contributed by atoms with Crippen LogP contribution in [0, 0.1) is 0 Å². The predicted octanol–water partition coefficient (Wildman–Crippen LogP) is 1.45. The van der Waals surface area contributed by atoms with Gasteiger partial charge in [-0.3, -0.25) is 4.79 Å². The number of benzene rings is 1. The van der Waals surface area contributed by atoms with Crippen LogP contribution in [0.25, 0.3) is 0 Å². The van der Waals surface area contributed by atoms with Crippen LogP contribution in [-0.2, 0) is 6.42 Å². The standard InChI is InChI=1S/C11H13BrN2O/c12-10-3-1-2-8-9(10)6-7(4-5-13)14-11(8)15/h1-3,7H,4-6,13H2,(H,14,15). The van der Waals surface area contributed by atoms with Gasteiger partial charge < -0.3 is 11.1 Å². The average molecular weight is 269 g/mol. The fourth-order valence-electron chi connectivity index (χ4n) is 1.91. The van der Waals surface area contributed by atoms with E-state index in [1.54, 1.807) is 0 Å². The Morgan fingerprint density at radius 3 is 3.07 bits per heavy atom. The van der Waals surface area contributed by atoms with E-state index >= 15 is 0 Å². The van der Waals surface area contributed by atoms with Crippen molar-refractivity contribution in [1.29, 1.82) is 0 Å². The summed E-state index contributed by atoms with van der Waals surface area (Å²) in [6.07, 6.45) is 1.69. The van der Waals surface area contributed by atoms with E-state index in [1.807, 2.05) is 18.2 Å². The number of hydrogen-bond acceptors (Lipinski definition) is 2. The van der Waals surface area contributed by atoms with Gasteiger partial charge in [-0.05, 0) is 37.1 Å². The minimum atomic E-state index is 0.0102. The van der Waals surface area contributed by atoms with Gasteiger partial charge in [0.05, 0.1) is 0 Å². The first-order chi connectivity index (χ1) is 7.22. The molecule has 0 aliphatic carbocycles. The highest BCUT2D eigenvalue weighted by Crippen LogP contribution is 2.25. The maximum Gasteiger partial charge on any atom is 0.251 e. The van der Waals surface area contributed by atoms with Crippen molar-refractivity contribution in [3.63, 3.8) is 0 Å². The zero-order valence-corrected chi connectivity index (χ0v) is 9.88. The van der Waals surface area contributed by atoms with E-state index in [0.29, 0.717) is 6.54 Å². The van der Waals surface area contributed by atoms with Crippen molar-refractivity contribution in [3.05, 3.63) is 33.8 Å². The molecular formula is C11H13BrN2O. The molecule has 0 spiro atoms. The van der Waals surface area contributed by atoms with Crippen molar-refractivity contribution < 1.29 is 4.79 Å². The van der Waals surface area contributed by atoms with E-state index in [0.717, 1.165) is 28.4 Å². The third-order valence-corrected chi connectivity index (χ3v) is 3.41. The summed E-state index contributed by atoms with van der Waals surface area (Å²) in [6.45, 7) is 0.602. The smallest absolute Gasteiger partial charge is 0.251 e. The first-order valence-electron chi connectivity index (χ1n) is 5.00. The molecule has 0 radical (unpaired) electrons. The second-order valence-corrected chi connectivity index (χ2v) is 4.57. The minimum Gasteiger partial charge on any atom is -0.349 e. The summed E-state index contributed by atoms with van der Waals surface area (Å²) in [5.41, 5.74) is 7.37. The monoisotopic (exact) mass is 268 g/mol. The van der Waals surface area contributed by atoms with E-state index in [4.69, 9.17) is 5.73 Å². The second-order valence-electron chi connectivity index (χ2n) is 3.72. The molecule has 0 bridgehead atoms. The molecule has 3 N–H and O–H groups in total. The lowest BCUT2D eigenvalue weighted by atomic mass is 9.94. The van der Waals surface area contributed by atoms with Gasteiger partial charge in [0.1, 0.15) is 0 Å². The van der Waals surface area contributed by atoms with Crippen LogP contribution in [0.5, 0.6) is 0 Å². The molecule has 1 aromatic carbocycles. The molecule has 3 nitrogen and oxygen atoms in total. The number of amides is 1. The van der Waals surface area contributed by atoms with Crippen LogP contribution in [0.1, 0.15) is 22.3 Å². The molecule has 1 unspecified atom stereocenters. The minimum absolute atomic E-state index is 0.0102. The van der Waals surface area contributed by atoms with Gasteiger partial charge in [-0.2, -0.15) is 0 Å². The molecule has 4 heteroatoms. The van der Waals surface area contributed by atoms with E-state index in [2.05, 4.69) is 21.2 Å². The van der Waals surface area contributed by atoms with Crippen LogP contribution < -0.4 is 11.1 Å². The molecule has 1 aliphatic rings. The van der Waals surface area contributed by atoms with Crippen LogP contribution in [0.4, 0.5) is 0 Å². The number of hydrogen-bond donors (Lipinski definition) is 2. The molecule has 1 atom stereocenters. The van der Waals surface area contributed by atoms with E-state index < -0.39 is 0 Å². The Balaban J connectivity index is 2.33. The van der Waals surface area contributed by atoms with Crippen molar-refractivity contribution in [3.8, 4) is 0 Å². The fourth-order valence-corrected chi connectivity index (χ4v) is 2.44. The fraction of sp³-hybridized carbons (Fsp3) is 0.364. The predicted molar refractivity (Wildman–Crippen MR) is 62.8 cm³/mol. The largest absolute Gasteiger partial charge is 0.349 e. The first-order valence-corrected chi connectivity index (χ1v) is 5.80. The molecular weight excluding hydrogens is 256 g/mol. The maximum atomic E-state index is 11.8. The molecule has 15 heavy (non-hydrogen) atoms. The topological polar surface area (TPSA) is 55.1 Å². The zero-order chi connectivity index (χ0) is 10.8. The SMILES string of the molecule is NCCC1Cc2c(Br)cccc2C(=O)N1. The van der Waals surface area contributed by atoms with Crippen molar-refractivity contribution in [2.45, 2.75) is 18.9 Å². The molecule has 1 aliphatic heterocycles. The Labute approximate surface area is 97.2 Å². The van der Waals surface area contributed by atoms with Gasteiger partial charge in [-0.25, -0.2) is 0 Å². The van der Waals surface area contributed by atoms with Crippen LogP contribution in [0.3, 0.4) is 0 Å². The summed E-state index contributed by atoms with van der Waals surface area (Å²) in [5.74, 6) is 0.0102. The number of carbonyl (C=O) groups is 1. The van der Waals surface area contributed by atoms with Gasteiger partial charge in [0.2, 0.25) is 0 Å². The summed E-state index contributed by atoms with van der Waals surface area (Å²) >= 11 is 3.48. The Bertz CT molecular complexity index is 392. The third kappa shape index (κ3) is 2.06.